The van der Waals surface area contributed by atoms with Gasteiger partial charge in [0, 0.05) is 16.7 Å². The zero-order valence-electron chi connectivity index (χ0n) is 10.8. The van der Waals surface area contributed by atoms with E-state index >= 15 is 0 Å². The molecular weight excluding hydrogens is 214 g/mol. The van der Waals surface area contributed by atoms with Crippen molar-refractivity contribution in [1.29, 1.82) is 0 Å². The molecule has 0 amide bonds. The summed E-state index contributed by atoms with van der Waals surface area (Å²) in [6, 6.07) is 8.96. The fraction of sp³-hybridized carbons (Fsp3) is 0.571. The number of hydrogen-bond donors (Lipinski definition) is 1. The number of benzene rings is 1. The first-order valence-corrected chi connectivity index (χ1v) is 6.95. The third-order valence-electron chi connectivity index (χ3n) is 2.77. The molecule has 1 aromatic rings. The van der Waals surface area contributed by atoms with Crippen molar-refractivity contribution in [3.05, 3.63) is 29.8 Å². The molecule has 0 aromatic heterocycles. The van der Waals surface area contributed by atoms with Gasteiger partial charge in [0.05, 0.1) is 0 Å². The van der Waals surface area contributed by atoms with Crippen LogP contribution in [0.5, 0.6) is 0 Å². The Morgan fingerprint density at radius 1 is 1.19 bits per heavy atom. The number of hydrogen-bond acceptors (Lipinski definition) is 2. The second kappa shape index (κ2) is 6.97. The van der Waals surface area contributed by atoms with E-state index in [-0.39, 0.29) is 0 Å². The molecule has 0 aliphatic carbocycles. The van der Waals surface area contributed by atoms with Crippen molar-refractivity contribution in [1.82, 2.24) is 5.32 Å². The molecule has 1 aromatic carbocycles. The van der Waals surface area contributed by atoms with Crippen molar-refractivity contribution in [2.24, 2.45) is 5.92 Å². The Bertz CT molecular complexity index is 292. The summed E-state index contributed by atoms with van der Waals surface area (Å²) in [5, 5.41) is 3.92. The second-order valence-electron chi connectivity index (χ2n) is 4.46. The van der Waals surface area contributed by atoms with Gasteiger partial charge in [-0.25, -0.2) is 0 Å². The Morgan fingerprint density at radius 2 is 1.81 bits per heavy atom. The van der Waals surface area contributed by atoms with E-state index in [9.17, 15) is 0 Å². The minimum atomic E-state index is 0.650. The van der Waals surface area contributed by atoms with Gasteiger partial charge in [0.2, 0.25) is 0 Å². The molecular formula is C14H23NS. The average Bonchev–Trinajstić information content (AvgIpc) is 2.29. The molecule has 1 unspecified atom stereocenters. The van der Waals surface area contributed by atoms with Crippen molar-refractivity contribution in [2.45, 2.75) is 37.3 Å². The fourth-order valence-corrected chi connectivity index (χ4v) is 2.76. The Labute approximate surface area is 104 Å². The molecule has 0 bridgehead atoms. The zero-order valence-corrected chi connectivity index (χ0v) is 11.6. The quantitative estimate of drug-likeness (QED) is 0.759. The fourth-order valence-electron chi connectivity index (χ4n) is 1.59. The normalized spacial score (nSPS) is 13.1. The average molecular weight is 237 g/mol. The van der Waals surface area contributed by atoms with Gasteiger partial charge in [-0.2, -0.15) is 0 Å². The van der Waals surface area contributed by atoms with E-state index in [1.165, 1.54) is 10.5 Å². The van der Waals surface area contributed by atoms with E-state index in [2.05, 4.69) is 50.4 Å². The Hall–Kier alpha value is -0.470. The van der Waals surface area contributed by atoms with Gasteiger partial charge in [0.25, 0.3) is 0 Å². The van der Waals surface area contributed by atoms with Crippen LogP contribution in [0, 0.1) is 5.92 Å². The van der Waals surface area contributed by atoms with E-state index in [1.54, 1.807) is 0 Å². The van der Waals surface area contributed by atoms with Crippen LogP contribution in [0.15, 0.2) is 29.2 Å². The minimum absolute atomic E-state index is 0.650. The molecule has 0 spiro atoms. The smallest absolute Gasteiger partial charge is 0.0242 e. The van der Waals surface area contributed by atoms with Crippen LogP contribution in [-0.4, -0.2) is 18.8 Å². The number of rotatable bonds is 6. The number of thioether (sulfide) groups is 1. The van der Waals surface area contributed by atoms with Gasteiger partial charge in [0.15, 0.2) is 0 Å². The van der Waals surface area contributed by atoms with Crippen LogP contribution < -0.4 is 5.32 Å². The summed E-state index contributed by atoms with van der Waals surface area (Å²) in [6.45, 7) is 7.84. The van der Waals surface area contributed by atoms with E-state index in [0.29, 0.717) is 11.2 Å². The predicted octanol–water partition coefficient (Wildman–Crippen LogP) is 3.59. The van der Waals surface area contributed by atoms with E-state index < -0.39 is 0 Å². The van der Waals surface area contributed by atoms with Crippen LogP contribution in [0.1, 0.15) is 26.3 Å². The van der Waals surface area contributed by atoms with Crippen LogP contribution in [0.4, 0.5) is 0 Å². The summed E-state index contributed by atoms with van der Waals surface area (Å²) in [5.41, 5.74) is 1.42. The van der Waals surface area contributed by atoms with Crippen molar-refractivity contribution >= 4 is 11.8 Å². The Balaban J connectivity index is 2.62. The van der Waals surface area contributed by atoms with Gasteiger partial charge in [-0.3, -0.25) is 0 Å². The van der Waals surface area contributed by atoms with Gasteiger partial charge in [-0.05, 0) is 37.1 Å². The summed E-state index contributed by atoms with van der Waals surface area (Å²) in [5.74, 6) is 0.698. The Kier molecular flexibility index (Phi) is 5.93. The highest BCUT2D eigenvalue weighted by Crippen LogP contribution is 2.27. The van der Waals surface area contributed by atoms with Crippen molar-refractivity contribution in [2.75, 3.05) is 13.6 Å². The van der Waals surface area contributed by atoms with Crippen LogP contribution in [0.2, 0.25) is 0 Å². The van der Waals surface area contributed by atoms with E-state index in [1.807, 2.05) is 18.8 Å². The van der Waals surface area contributed by atoms with E-state index in [0.717, 1.165) is 13.0 Å². The molecule has 0 saturated heterocycles. The van der Waals surface area contributed by atoms with E-state index in [4.69, 9.17) is 0 Å². The molecule has 1 atom stereocenters. The monoisotopic (exact) mass is 237 g/mol. The summed E-state index contributed by atoms with van der Waals surface area (Å²) in [6.07, 6.45) is 1.12. The topological polar surface area (TPSA) is 12.0 Å². The molecule has 2 heteroatoms. The summed E-state index contributed by atoms with van der Waals surface area (Å²) >= 11 is 1.98. The highest BCUT2D eigenvalue weighted by atomic mass is 32.2. The SMILES string of the molecule is CCc1ccc(SC(CNC)C(C)C)cc1. The van der Waals surface area contributed by atoms with Crippen LogP contribution >= 0.6 is 11.8 Å². The minimum Gasteiger partial charge on any atom is -0.319 e. The summed E-state index contributed by atoms with van der Waals surface area (Å²) in [4.78, 5) is 1.38. The molecule has 0 saturated carbocycles. The summed E-state index contributed by atoms with van der Waals surface area (Å²) in [7, 11) is 2.02. The molecule has 0 fully saturated rings. The molecule has 1 rings (SSSR count). The maximum Gasteiger partial charge on any atom is 0.0242 e. The lowest BCUT2D eigenvalue weighted by Crippen LogP contribution is -2.25. The lowest BCUT2D eigenvalue weighted by Gasteiger charge is -2.20. The third kappa shape index (κ3) is 4.18. The van der Waals surface area contributed by atoms with Gasteiger partial charge in [-0.15, -0.1) is 11.8 Å². The largest absolute Gasteiger partial charge is 0.319 e. The maximum atomic E-state index is 3.27. The van der Waals surface area contributed by atoms with Crippen molar-refractivity contribution in [3.8, 4) is 0 Å². The zero-order chi connectivity index (χ0) is 12.0. The first-order valence-electron chi connectivity index (χ1n) is 6.07. The first kappa shape index (κ1) is 13.6. The third-order valence-corrected chi connectivity index (χ3v) is 4.33. The van der Waals surface area contributed by atoms with Crippen LogP contribution in [-0.2, 0) is 6.42 Å². The van der Waals surface area contributed by atoms with Crippen LogP contribution in [0.25, 0.3) is 0 Å². The molecule has 0 aliphatic heterocycles. The standard InChI is InChI=1S/C14H23NS/c1-5-12-6-8-13(9-7-12)16-14(10-15-4)11(2)3/h6-9,11,14-15H,5,10H2,1-4H3. The van der Waals surface area contributed by atoms with Gasteiger partial charge < -0.3 is 5.32 Å². The number of aryl methyl sites for hydroxylation is 1. The lowest BCUT2D eigenvalue weighted by molar-refractivity contribution is 0.579. The molecule has 16 heavy (non-hydrogen) atoms. The molecule has 0 aliphatic rings. The van der Waals surface area contributed by atoms with Gasteiger partial charge >= 0.3 is 0 Å². The molecule has 0 radical (unpaired) electrons. The predicted molar refractivity (Wildman–Crippen MR) is 74.2 cm³/mol. The van der Waals surface area contributed by atoms with Gasteiger partial charge in [0.1, 0.15) is 0 Å². The Morgan fingerprint density at radius 3 is 2.25 bits per heavy atom. The molecule has 0 heterocycles. The first-order chi connectivity index (χ1) is 7.67. The highest BCUT2D eigenvalue weighted by molar-refractivity contribution is 8.00. The lowest BCUT2D eigenvalue weighted by atomic mass is 10.1. The second-order valence-corrected chi connectivity index (χ2v) is 5.77. The maximum absolute atomic E-state index is 3.27. The molecule has 1 N–H and O–H groups in total. The van der Waals surface area contributed by atoms with Crippen molar-refractivity contribution < 1.29 is 0 Å². The van der Waals surface area contributed by atoms with Gasteiger partial charge in [-0.1, -0.05) is 32.9 Å². The number of nitrogens with one attached hydrogen (secondary N) is 1. The van der Waals surface area contributed by atoms with Crippen molar-refractivity contribution in [3.63, 3.8) is 0 Å². The molecule has 90 valence electrons. The highest BCUT2D eigenvalue weighted by Gasteiger charge is 2.13. The van der Waals surface area contributed by atoms with Crippen LogP contribution in [0.3, 0.4) is 0 Å². The molecule has 1 nitrogen and oxygen atoms in total. The summed E-state index contributed by atoms with van der Waals surface area (Å²) < 4.78 is 0.